The summed E-state index contributed by atoms with van der Waals surface area (Å²) in [7, 11) is 1.91. The van der Waals surface area contributed by atoms with Gasteiger partial charge in [0.25, 0.3) is 0 Å². The van der Waals surface area contributed by atoms with Crippen LogP contribution in [0.3, 0.4) is 0 Å². The maximum atomic E-state index is 12.4. The Balaban J connectivity index is 1.62. The summed E-state index contributed by atoms with van der Waals surface area (Å²) >= 11 is 3.42. The van der Waals surface area contributed by atoms with Crippen LogP contribution in [0, 0.1) is 0 Å². The molecule has 1 heterocycles. The van der Waals surface area contributed by atoms with Crippen molar-refractivity contribution in [2.45, 2.75) is 19.9 Å². The molecule has 0 fully saturated rings. The molecule has 0 atom stereocenters. The van der Waals surface area contributed by atoms with E-state index in [4.69, 9.17) is 0 Å². The number of aromatic nitrogens is 2. The summed E-state index contributed by atoms with van der Waals surface area (Å²) in [6, 6.07) is 11.9. The summed E-state index contributed by atoms with van der Waals surface area (Å²) in [5.41, 5.74) is 4.16. The van der Waals surface area contributed by atoms with E-state index in [0.717, 1.165) is 6.42 Å². The standard InChI is InChI=1S/C19H21BrN4O2/c1-3-12-4-6-13(7-5-12)10-24(2)11-18(25)21-15-9-17-16(8-14(15)20)22-19(26)23-17/h4-9H,3,10-11H2,1-2H3,(H,21,25)(H2,22,23,26). The van der Waals surface area contributed by atoms with E-state index in [1.54, 1.807) is 12.1 Å². The molecule has 0 saturated carbocycles. The molecule has 0 aliphatic rings. The fraction of sp³-hybridized carbons (Fsp3) is 0.263. The topological polar surface area (TPSA) is 81.0 Å². The van der Waals surface area contributed by atoms with Gasteiger partial charge in [0.15, 0.2) is 0 Å². The zero-order chi connectivity index (χ0) is 18.7. The minimum absolute atomic E-state index is 0.115. The number of amides is 1. The number of carbonyl (C=O) groups excluding carboxylic acids is 1. The highest BCUT2D eigenvalue weighted by atomic mass is 79.9. The lowest BCUT2D eigenvalue weighted by Crippen LogP contribution is -2.29. The van der Waals surface area contributed by atoms with Crippen molar-refractivity contribution in [3.8, 4) is 0 Å². The van der Waals surface area contributed by atoms with Crippen LogP contribution in [0.25, 0.3) is 11.0 Å². The molecular weight excluding hydrogens is 396 g/mol. The number of imidazole rings is 1. The lowest BCUT2D eigenvalue weighted by molar-refractivity contribution is -0.117. The van der Waals surface area contributed by atoms with E-state index in [1.165, 1.54) is 11.1 Å². The highest BCUT2D eigenvalue weighted by molar-refractivity contribution is 9.10. The summed E-state index contributed by atoms with van der Waals surface area (Å²) in [6.07, 6.45) is 1.02. The van der Waals surface area contributed by atoms with E-state index >= 15 is 0 Å². The smallest absolute Gasteiger partial charge is 0.323 e. The van der Waals surface area contributed by atoms with Crippen LogP contribution in [0.1, 0.15) is 18.1 Å². The number of nitrogens with one attached hydrogen (secondary N) is 3. The average Bonchev–Trinajstić information content (AvgIpc) is 2.94. The van der Waals surface area contributed by atoms with E-state index < -0.39 is 0 Å². The van der Waals surface area contributed by atoms with Gasteiger partial charge in [0, 0.05) is 11.0 Å². The number of halogens is 1. The monoisotopic (exact) mass is 416 g/mol. The molecule has 0 spiro atoms. The Bertz CT molecular complexity index is 975. The van der Waals surface area contributed by atoms with Gasteiger partial charge in [0.2, 0.25) is 5.91 Å². The molecule has 0 unspecified atom stereocenters. The highest BCUT2D eigenvalue weighted by Crippen LogP contribution is 2.26. The first-order valence-corrected chi connectivity index (χ1v) is 9.21. The Kier molecular flexibility index (Phi) is 5.58. The Labute approximate surface area is 159 Å². The predicted molar refractivity (Wildman–Crippen MR) is 107 cm³/mol. The minimum atomic E-state index is -0.274. The number of nitrogens with zero attached hydrogens (tertiary/aromatic N) is 1. The molecule has 3 rings (SSSR count). The number of aromatic amines is 2. The second kappa shape index (κ2) is 7.88. The van der Waals surface area contributed by atoms with Crippen LogP contribution >= 0.6 is 15.9 Å². The number of benzene rings is 2. The normalized spacial score (nSPS) is 11.2. The van der Waals surface area contributed by atoms with Gasteiger partial charge in [-0.25, -0.2) is 4.79 Å². The van der Waals surface area contributed by atoms with Crippen LogP contribution in [-0.4, -0.2) is 34.4 Å². The first-order valence-electron chi connectivity index (χ1n) is 8.42. The van der Waals surface area contributed by atoms with Crippen LogP contribution in [0.4, 0.5) is 5.69 Å². The zero-order valence-electron chi connectivity index (χ0n) is 14.7. The molecule has 26 heavy (non-hydrogen) atoms. The zero-order valence-corrected chi connectivity index (χ0v) is 16.3. The van der Waals surface area contributed by atoms with Gasteiger partial charge in [-0.15, -0.1) is 0 Å². The second-order valence-electron chi connectivity index (χ2n) is 6.35. The van der Waals surface area contributed by atoms with Crippen LogP contribution in [0.5, 0.6) is 0 Å². The number of hydrogen-bond donors (Lipinski definition) is 3. The third-order valence-electron chi connectivity index (χ3n) is 4.17. The molecule has 0 aliphatic carbocycles. The molecule has 1 aromatic heterocycles. The van der Waals surface area contributed by atoms with Crippen LogP contribution in [0.2, 0.25) is 0 Å². The van der Waals surface area contributed by atoms with Crippen molar-refractivity contribution in [1.29, 1.82) is 0 Å². The number of fused-ring (bicyclic) bond motifs is 1. The van der Waals surface area contributed by atoms with Gasteiger partial charge in [0.05, 0.1) is 23.3 Å². The van der Waals surface area contributed by atoms with E-state index in [9.17, 15) is 9.59 Å². The fourth-order valence-electron chi connectivity index (χ4n) is 2.83. The molecular formula is C19H21BrN4O2. The van der Waals surface area contributed by atoms with E-state index in [-0.39, 0.29) is 18.1 Å². The van der Waals surface area contributed by atoms with Gasteiger partial charge in [-0.2, -0.15) is 0 Å². The summed E-state index contributed by atoms with van der Waals surface area (Å²) in [5.74, 6) is -0.115. The molecule has 0 radical (unpaired) electrons. The lowest BCUT2D eigenvalue weighted by Gasteiger charge is -2.17. The molecule has 0 bridgehead atoms. The van der Waals surface area contributed by atoms with Gasteiger partial charge in [-0.1, -0.05) is 31.2 Å². The average molecular weight is 417 g/mol. The van der Waals surface area contributed by atoms with Crippen molar-refractivity contribution in [2.75, 3.05) is 18.9 Å². The third-order valence-corrected chi connectivity index (χ3v) is 4.83. The summed E-state index contributed by atoms with van der Waals surface area (Å²) < 4.78 is 0.714. The van der Waals surface area contributed by atoms with Crippen molar-refractivity contribution < 1.29 is 4.79 Å². The molecule has 0 saturated heterocycles. The number of anilines is 1. The SMILES string of the molecule is CCc1ccc(CN(C)CC(=O)Nc2cc3[nH]c(=O)[nH]c3cc2Br)cc1. The van der Waals surface area contributed by atoms with Gasteiger partial charge in [0.1, 0.15) is 0 Å². The number of likely N-dealkylation sites (N-methyl/N-ethyl adjacent to an activating group) is 1. The highest BCUT2D eigenvalue weighted by Gasteiger charge is 2.11. The van der Waals surface area contributed by atoms with Gasteiger partial charge in [-0.3, -0.25) is 9.69 Å². The lowest BCUT2D eigenvalue weighted by atomic mass is 10.1. The number of H-pyrrole nitrogens is 2. The quantitative estimate of drug-likeness (QED) is 0.576. The maximum Gasteiger partial charge on any atom is 0.323 e. The molecule has 2 aromatic carbocycles. The van der Waals surface area contributed by atoms with Crippen molar-refractivity contribution in [2.24, 2.45) is 0 Å². The first kappa shape index (κ1) is 18.4. The third kappa shape index (κ3) is 4.42. The Hall–Kier alpha value is -2.38. The first-order chi connectivity index (χ1) is 12.4. The van der Waals surface area contributed by atoms with Gasteiger partial charge in [-0.05, 0) is 52.7 Å². The van der Waals surface area contributed by atoms with Crippen LogP contribution < -0.4 is 11.0 Å². The molecule has 7 heteroatoms. The summed E-state index contributed by atoms with van der Waals surface area (Å²) in [6.45, 7) is 3.09. The fourth-order valence-corrected chi connectivity index (χ4v) is 3.28. The molecule has 3 aromatic rings. The van der Waals surface area contributed by atoms with Crippen molar-refractivity contribution in [3.63, 3.8) is 0 Å². The van der Waals surface area contributed by atoms with E-state index in [1.807, 2.05) is 11.9 Å². The van der Waals surface area contributed by atoms with Crippen molar-refractivity contribution >= 4 is 38.6 Å². The maximum absolute atomic E-state index is 12.4. The second-order valence-corrected chi connectivity index (χ2v) is 7.20. The van der Waals surface area contributed by atoms with E-state index in [2.05, 4.69) is 62.4 Å². The Morgan fingerprint density at radius 2 is 1.73 bits per heavy atom. The Morgan fingerprint density at radius 1 is 1.12 bits per heavy atom. The Morgan fingerprint density at radius 3 is 2.38 bits per heavy atom. The number of aryl methyl sites for hydroxylation is 1. The molecule has 1 amide bonds. The number of hydrogen-bond acceptors (Lipinski definition) is 3. The van der Waals surface area contributed by atoms with Crippen molar-refractivity contribution in [1.82, 2.24) is 14.9 Å². The van der Waals surface area contributed by atoms with Crippen LogP contribution in [0.15, 0.2) is 45.7 Å². The van der Waals surface area contributed by atoms with Gasteiger partial charge < -0.3 is 15.3 Å². The summed E-state index contributed by atoms with van der Waals surface area (Å²) in [4.78, 5) is 31.1. The minimum Gasteiger partial charge on any atom is -0.324 e. The van der Waals surface area contributed by atoms with Crippen LogP contribution in [-0.2, 0) is 17.8 Å². The molecule has 6 nitrogen and oxygen atoms in total. The number of rotatable bonds is 6. The predicted octanol–water partition coefficient (Wildman–Crippen LogP) is 3.25. The summed E-state index contributed by atoms with van der Waals surface area (Å²) in [5, 5.41) is 2.88. The number of carbonyl (C=O) groups is 1. The molecule has 0 aliphatic heterocycles. The molecule has 136 valence electrons. The van der Waals surface area contributed by atoms with E-state index in [0.29, 0.717) is 27.7 Å². The van der Waals surface area contributed by atoms with Crippen molar-refractivity contribution in [3.05, 3.63) is 62.5 Å². The largest absolute Gasteiger partial charge is 0.324 e. The van der Waals surface area contributed by atoms with Gasteiger partial charge >= 0.3 is 5.69 Å². The molecule has 3 N–H and O–H groups in total.